The van der Waals surface area contributed by atoms with E-state index in [1.54, 1.807) is 38.2 Å². The van der Waals surface area contributed by atoms with Gasteiger partial charge in [0.1, 0.15) is 0 Å². The number of carbonyl (C=O) groups excluding carboxylic acids is 2. The lowest BCUT2D eigenvalue weighted by molar-refractivity contribution is 0.0927. The Hall–Kier alpha value is -2.96. The van der Waals surface area contributed by atoms with Crippen molar-refractivity contribution in [2.75, 3.05) is 12.4 Å². The van der Waals surface area contributed by atoms with E-state index in [0.717, 1.165) is 37.8 Å². The molecule has 0 aromatic heterocycles. The molecule has 2 aromatic carbocycles. The molecule has 7 heteroatoms. The summed E-state index contributed by atoms with van der Waals surface area (Å²) < 4.78 is 26.6. The van der Waals surface area contributed by atoms with E-state index in [9.17, 15) is 18.4 Å². The Morgan fingerprint density at radius 2 is 1.67 bits per heavy atom. The van der Waals surface area contributed by atoms with Gasteiger partial charge in [0.2, 0.25) is 0 Å². The number of nitrogens with one attached hydrogen (secondary N) is 2. The number of hydrogen-bond donors (Lipinski definition) is 2. The van der Waals surface area contributed by atoms with Crippen molar-refractivity contribution in [3.05, 3.63) is 65.2 Å². The Morgan fingerprint density at radius 1 is 1.00 bits per heavy atom. The molecule has 0 spiro atoms. The second-order valence-electron chi connectivity index (χ2n) is 7.78. The zero-order valence-corrected chi connectivity index (χ0v) is 17.3. The summed E-state index contributed by atoms with van der Waals surface area (Å²) in [5, 5.41) is 5.82. The van der Waals surface area contributed by atoms with Crippen molar-refractivity contribution in [1.29, 1.82) is 0 Å². The van der Waals surface area contributed by atoms with Gasteiger partial charge in [0.05, 0.1) is 6.04 Å². The van der Waals surface area contributed by atoms with Crippen LogP contribution >= 0.6 is 0 Å². The van der Waals surface area contributed by atoms with Gasteiger partial charge in [0, 0.05) is 24.3 Å². The summed E-state index contributed by atoms with van der Waals surface area (Å²) in [6, 6.07) is 9.65. The second-order valence-corrected chi connectivity index (χ2v) is 7.78. The van der Waals surface area contributed by atoms with Gasteiger partial charge in [-0.25, -0.2) is 13.6 Å². The zero-order valence-electron chi connectivity index (χ0n) is 17.3. The molecule has 0 saturated heterocycles. The highest BCUT2D eigenvalue weighted by molar-refractivity contribution is 5.95. The quantitative estimate of drug-likeness (QED) is 0.700. The number of rotatable bonds is 5. The molecule has 1 atom stereocenters. The molecule has 2 aromatic rings. The number of benzene rings is 2. The summed E-state index contributed by atoms with van der Waals surface area (Å²) >= 11 is 0. The standard InChI is InChI=1S/C23H27F2N3O2/c1-15(17-10-13-20(24)21(25)14-17)28(2)23(30)27-19-11-8-16(9-12-19)22(29)26-18-6-4-3-5-7-18/h8-15,18H,3-7H2,1-2H3,(H,26,29)(H,27,30). The van der Waals surface area contributed by atoms with Gasteiger partial charge >= 0.3 is 6.03 Å². The van der Waals surface area contributed by atoms with E-state index in [2.05, 4.69) is 10.6 Å². The molecule has 2 N–H and O–H groups in total. The Labute approximate surface area is 175 Å². The summed E-state index contributed by atoms with van der Waals surface area (Å²) in [7, 11) is 1.58. The third-order valence-electron chi connectivity index (χ3n) is 5.67. The predicted molar refractivity (Wildman–Crippen MR) is 112 cm³/mol. The van der Waals surface area contributed by atoms with Crippen LogP contribution in [0.15, 0.2) is 42.5 Å². The lowest BCUT2D eigenvalue weighted by Crippen LogP contribution is -2.36. The van der Waals surface area contributed by atoms with Gasteiger partial charge in [-0.15, -0.1) is 0 Å². The maximum absolute atomic E-state index is 13.5. The van der Waals surface area contributed by atoms with Gasteiger partial charge in [0.25, 0.3) is 5.91 Å². The number of halogens is 2. The highest BCUT2D eigenvalue weighted by Gasteiger charge is 2.20. The largest absolute Gasteiger partial charge is 0.349 e. The van der Waals surface area contributed by atoms with Crippen molar-refractivity contribution in [1.82, 2.24) is 10.2 Å². The van der Waals surface area contributed by atoms with Crippen LogP contribution in [0, 0.1) is 11.6 Å². The topological polar surface area (TPSA) is 61.4 Å². The maximum Gasteiger partial charge on any atom is 0.322 e. The molecule has 5 nitrogen and oxygen atoms in total. The van der Waals surface area contributed by atoms with Crippen LogP contribution in [0.3, 0.4) is 0 Å². The van der Waals surface area contributed by atoms with Gasteiger partial charge < -0.3 is 15.5 Å². The van der Waals surface area contributed by atoms with Crippen LogP contribution in [0.25, 0.3) is 0 Å². The fraction of sp³-hybridized carbons (Fsp3) is 0.391. The molecule has 1 unspecified atom stereocenters. The third kappa shape index (κ3) is 5.34. The van der Waals surface area contributed by atoms with Crippen LogP contribution in [0.5, 0.6) is 0 Å². The molecule has 1 fully saturated rings. The van der Waals surface area contributed by atoms with E-state index >= 15 is 0 Å². The van der Waals surface area contributed by atoms with Gasteiger partial charge in [-0.05, 0) is 61.7 Å². The van der Waals surface area contributed by atoms with Crippen LogP contribution in [0.1, 0.15) is 61.0 Å². The molecule has 1 saturated carbocycles. The average molecular weight is 415 g/mol. The maximum atomic E-state index is 13.5. The summed E-state index contributed by atoms with van der Waals surface area (Å²) in [5.74, 6) is -1.98. The second kappa shape index (κ2) is 9.69. The summed E-state index contributed by atoms with van der Waals surface area (Å²) in [4.78, 5) is 26.3. The molecule has 3 amide bonds. The van der Waals surface area contributed by atoms with Crippen molar-refractivity contribution < 1.29 is 18.4 Å². The van der Waals surface area contributed by atoms with Crippen molar-refractivity contribution >= 4 is 17.6 Å². The Morgan fingerprint density at radius 3 is 2.30 bits per heavy atom. The molecule has 30 heavy (non-hydrogen) atoms. The smallest absolute Gasteiger partial charge is 0.322 e. The first kappa shape index (κ1) is 21.7. The normalized spacial score (nSPS) is 15.3. The highest BCUT2D eigenvalue weighted by atomic mass is 19.2. The van der Waals surface area contributed by atoms with E-state index in [1.165, 1.54) is 17.4 Å². The van der Waals surface area contributed by atoms with Crippen LogP contribution in [-0.4, -0.2) is 29.9 Å². The van der Waals surface area contributed by atoms with Crippen LogP contribution < -0.4 is 10.6 Å². The summed E-state index contributed by atoms with van der Waals surface area (Å²) in [5.41, 5.74) is 1.57. The van der Waals surface area contributed by atoms with Crippen molar-refractivity contribution in [2.24, 2.45) is 0 Å². The van der Waals surface area contributed by atoms with Crippen LogP contribution in [-0.2, 0) is 0 Å². The lowest BCUT2D eigenvalue weighted by Gasteiger charge is -2.26. The molecule has 160 valence electrons. The van der Waals surface area contributed by atoms with Crippen LogP contribution in [0.2, 0.25) is 0 Å². The fourth-order valence-electron chi connectivity index (χ4n) is 3.60. The van der Waals surface area contributed by atoms with Gasteiger partial charge in [0.15, 0.2) is 11.6 Å². The minimum atomic E-state index is -0.949. The van der Waals surface area contributed by atoms with Gasteiger partial charge in [-0.1, -0.05) is 25.3 Å². The first-order valence-corrected chi connectivity index (χ1v) is 10.2. The van der Waals surface area contributed by atoms with E-state index in [4.69, 9.17) is 0 Å². The molecule has 3 rings (SSSR count). The first-order chi connectivity index (χ1) is 14.3. The molecule has 0 aliphatic heterocycles. The number of amides is 3. The third-order valence-corrected chi connectivity index (χ3v) is 5.67. The zero-order chi connectivity index (χ0) is 21.7. The number of anilines is 1. The minimum absolute atomic E-state index is 0.108. The SMILES string of the molecule is CC(c1ccc(F)c(F)c1)N(C)C(=O)Nc1ccc(C(=O)NC2CCCCC2)cc1. The van der Waals surface area contributed by atoms with E-state index in [-0.39, 0.29) is 11.9 Å². The summed E-state index contributed by atoms with van der Waals surface area (Å²) in [6.07, 6.45) is 5.55. The molecule has 1 aliphatic carbocycles. The molecule has 0 radical (unpaired) electrons. The van der Waals surface area contributed by atoms with Crippen molar-refractivity contribution in [3.8, 4) is 0 Å². The van der Waals surface area contributed by atoms with E-state index in [0.29, 0.717) is 16.8 Å². The Balaban J connectivity index is 1.57. The van der Waals surface area contributed by atoms with Gasteiger partial charge in [-0.3, -0.25) is 4.79 Å². The molecule has 0 heterocycles. The molecule has 1 aliphatic rings. The number of nitrogens with zero attached hydrogens (tertiary/aromatic N) is 1. The monoisotopic (exact) mass is 415 g/mol. The fourth-order valence-corrected chi connectivity index (χ4v) is 3.60. The molecule has 0 bridgehead atoms. The lowest BCUT2D eigenvalue weighted by atomic mass is 9.95. The average Bonchev–Trinajstić information content (AvgIpc) is 2.75. The molecular weight excluding hydrogens is 388 g/mol. The minimum Gasteiger partial charge on any atom is -0.349 e. The highest BCUT2D eigenvalue weighted by Crippen LogP contribution is 2.22. The first-order valence-electron chi connectivity index (χ1n) is 10.2. The summed E-state index contributed by atoms with van der Waals surface area (Å²) in [6.45, 7) is 1.73. The number of hydrogen-bond acceptors (Lipinski definition) is 2. The Kier molecular flexibility index (Phi) is 7.03. The number of carbonyl (C=O) groups is 2. The predicted octanol–water partition coefficient (Wildman–Crippen LogP) is 5.25. The van der Waals surface area contributed by atoms with Crippen LogP contribution in [0.4, 0.5) is 19.3 Å². The van der Waals surface area contributed by atoms with E-state index < -0.39 is 23.7 Å². The number of urea groups is 1. The van der Waals surface area contributed by atoms with E-state index in [1.807, 2.05) is 0 Å². The van der Waals surface area contributed by atoms with Crippen molar-refractivity contribution in [3.63, 3.8) is 0 Å². The Bertz CT molecular complexity index is 896. The molecular formula is C23H27F2N3O2. The van der Waals surface area contributed by atoms with Gasteiger partial charge in [-0.2, -0.15) is 0 Å². The van der Waals surface area contributed by atoms with Crippen molar-refractivity contribution in [2.45, 2.75) is 51.1 Å².